The molecule has 0 aliphatic carbocycles. The van der Waals surface area contributed by atoms with Crippen molar-refractivity contribution in [1.29, 1.82) is 0 Å². The van der Waals surface area contributed by atoms with Gasteiger partial charge in [-0.3, -0.25) is 14.9 Å². The van der Waals surface area contributed by atoms with Crippen LogP contribution in [0, 0.1) is 17.0 Å². The van der Waals surface area contributed by atoms with Crippen molar-refractivity contribution >= 4 is 38.7 Å². The van der Waals surface area contributed by atoms with Gasteiger partial charge in [0, 0.05) is 16.6 Å². The summed E-state index contributed by atoms with van der Waals surface area (Å²) >= 11 is 3.37. The Morgan fingerprint density at radius 2 is 1.97 bits per heavy atom. The van der Waals surface area contributed by atoms with Crippen LogP contribution in [0.3, 0.4) is 0 Å². The van der Waals surface area contributed by atoms with Gasteiger partial charge in [0.15, 0.2) is 11.5 Å². The van der Waals surface area contributed by atoms with Crippen LogP contribution in [-0.2, 0) is 0 Å². The van der Waals surface area contributed by atoms with E-state index in [-0.39, 0.29) is 17.1 Å². The van der Waals surface area contributed by atoms with Crippen molar-refractivity contribution in [3.8, 4) is 17.4 Å². The maximum Gasteiger partial charge on any atom is 0.287 e. The van der Waals surface area contributed by atoms with Crippen molar-refractivity contribution in [2.45, 2.75) is 6.92 Å². The molecule has 4 aromatic rings. The van der Waals surface area contributed by atoms with E-state index in [2.05, 4.69) is 31.0 Å². The molecule has 4 rings (SSSR count). The molecule has 0 N–H and O–H groups in total. The predicted octanol–water partition coefficient (Wildman–Crippen LogP) is 4.45. The molecule has 0 fully saturated rings. The Hall–Kier alpha value is -4.12. The Kier molecular flexibility index (Phi) is 6.13. The van der Waals surface area contributed by atoms with E-state index in [9.17, 15) is 14.9 Å². The van der Waals surface area contributed by atoms with E-state index in [1.54, 1.807) is 37.3 Å². The lowest BCUT2D eigenvalue weighted by Gasteiger charge is -2.10. The van der Waals surface area contributed by atoms with Crippen molar-refractivity contribution in [2.24, 2.45) is 5.10 Å². The van der Waals surface area contributed by atoms with Crippen molar-refractivity contribution in [3.05, 3.63) is 91.1 Å². The highest BCUT2D eigenvalue weighted by molar-refractivity contribution is 9.10. The van der Waals surface area contributed by atoms with Gasteiger partial charge in [0.1, 0.15) is 12.0 Å². The van der Waals surface area contributed by atoms with E-state index in [1.165, 1.54) is 30.1 Å². The number of pyridine rings is 1. The molecule has 0 atom stereocenters. The van der Waals surface area contributed by atoms with Crippen LogP contribution >= 0.6 is 15.9 Å². The number of ether oxygens (including phenoxy) is 2. The first kappa shape index (κ1) is 22.1. The van der Waals surface area contributed by atoms with Gasteiger partial charge in [-0.2, -0.15) is 9.78 Å². The third-order valence-electron chi connectivity index (χ3n) is 4.63. The van der Waals surface area contributed by atoms with Crippen molar-refractivity contribution in [2.75, 3.05) is 7.11 Å². The monoisotopic (exact) mass is 509 g/mol. The van der Waals surface area contributed by atoms with Gasteiger partial charge in [-0.05, 0) is 48.9 Å². The molecule has 2 aromatic heterocycles. The van der Waals surface area contributed by atoms with E-state index in [0.717, 1.165) is 10.7 Å². The van der Waals surface area contributed by atoms with Crippen LogP contribution < -0.4 is 15.0 Å². The smallest absolute Gasteiger partial charge is 0.287 e. The maximum atomic E-state index is 12.9. The Labute approximate surface area is 195 Å². The summed E-state index contributed by atoms with van der Waals surface area (Å²) < 4.78 is 13.1. The summed E-state index contributed by atoms with van der Waals surface area (Å²) in [5, 5.41) is 15.5. The van der Waals surface area contributed by atoms with E-state index in [0.29, 0.717) is 33.8 Å². The second-order valence-electron chi connectivity index (χ2n) is 6.81. The molecule has 0 unspecified atom stereocenters. The topological polar surface area (TPSA) is 122 Å². The number of fused-ring (bicyclic) bond motifs is 1. The molecule has 0 bridgehead atoms. The highest BCUT2D eigenvalue weighted by atomic mass is 79.9. The Morgan fingerprint density at radius 1 is 1.15 bits per heavy atom. The zero-order valence-electron chi connectivity index (χ0n) is 17.4. The molecule has 33 heavy (non-hydrogen) atoms. The summed E-state index contributed by atoms with van der Waals surface area (Å²) in [6, 6.07) is 13.0. The number of halogens is 1. The second kappa shape index (κ2) is 9.17. The summed E-state index contributed by atoms with van der Waals surface area (Å²) in [5.74, 6) is 1.38. The number of rotatable bonds is 6. The molecule has 0 saturated heterocycles. The largest absolute Gasteiger partial charge is 0.493 e. The summed E-state index contributed by atoms with van der Waals surface area (Å²) in [5.41, 5.74) is 0.819. The Balaban J connectivity index is 1.62. The fourth-order valence-electron chi connectivity index (χ4n) is 3.02. The molecule has 0 aliphatic rings. The van der Waals surface area contributed by atoms with Gasteiger partial charge in [-0.15, -0.1) is 0 Å². The van der Waals surface area contributed by atoms with Gasteiger partial charge in [-0.25, -0.2) is 9.97 Å². The third-order valence-corrected chi connectivity index (χ3v) is 5.12. The van der Waals surface area contributed by atoms with Crippen molar-refractivity contribution < 1.29 is 14.4 Å². The summed E-state index contributed by atoms with van der Waals surface area (Å²) in [4.78, 5) is 31.4. The molecule has 166 valence electrons. The van der Waals surface area contributed by atoms with E-state index in [4.69, 9.17) is 9.47 Å². The number of methoxy groups -OCH3 is 1. The van der Waals surface area contributed by atoms with Crippen LogP contribution in [0.1, 0.15) is 11.4 Å². The van der Waals surface area contributed by atoms with Crippen LogP contribution in [0.2, 0.25) is 0 Å². The first-order valence-corrected chi connectivity index (χ1v) is 10.3. The van der Waals surface area contributed by atoms with Gasteiger partial charge in [0.05, 0.1) is 29.2 Å². The molecule has 0 saturated carbocycles. The number of hydrogen-bond acceptors (Lipinski definition) is 8. The highest BCUT2D eigenvalue weighted by Gasteiger charge is 2.11. The van der Waals surface area contributed by atoms with Crippen molar-refractivity contribution in [1.82, 2.24) is 14.6 Å². The normalized spacial score (nSPS) is 11.1. The molecule has 0 spiro atoms. The van der Waals surface area contributed by atoms with Crippen LogP contribution in [0.4, 0.5) is 5.69 Å². The SMILES string of the molecule is COc1cc(C=Nn2c(C)nc3ccc(Br)cc3c2=O)ccc1Oc1ccc([N+](=O)[O-])cn1. The van der Waals surface area contributed by atoms with E-state index >= 15 is 0 Å². The quantitative estimate of drug-likeness (QED) is 0.213. The zero-order chi connectivity index (χ0) is 23.5. The predicted molar refractivity (Wildman–Crippen MR) is 125 cm³/mol. The lowest BCUT2D eigenvalue weighted by atomic mass is 10.2. The molecular formula is C22H16BrN5O5. The van der Waals surface area contributed by atoms with E-state index < -0.39 is 4.92 Å². The average molecular weight is 510 g/mol. The van der Waals surface area contributed by atoms with Crippen LogP contribution in [0.15, 0.2) is 69.1 Å². The van der Waals surface area contributed by atoms with Gasteiger partial charge < -0.3 is 9.47 Å². The van der Waals surface area contributed by atoms with Gasteiger partial charge in [0.25, 0.3) is 11.2 Å². The molecule has 10 nitrogen and oxygen atoms in total. The minimum absolute atomic E-state index is 0.137. The molecule has 0 amide bonds. The van der Waals surface area contributed by atoms with Crippen LogP contribution in [0.5, 0.6) is 17.4 Å². The number of aromatic nitrogens is 3. The fourth-order valence-corrected chi connectivity index (χ4v) is 3.38. The lowest BCUT2D eigenvalue weighted by Crippen LogP contribution is -2.20. The number of benzene rings is 2. The third kappa shape index (κ3) is 4.72. The minimum atomic E-state index is -0.539. The zero-order valence-corrected chi connectivity index (χ0v) is 19.0. The Bertz CT molecular complexity index is 1450. The van der Waals surface area contributed by atoms with Crippen LogP contribution in [-0.4, -0.2) is 32.9 Å². The molecular weight excluding hydrogens is 494 g/mol. The lowest BCUT2D eigenvalue weighted by molar-refractivity contribution is -0.385. The molecule has 11 heteroatoms. The first-order valence-electron chi connectivity index (χ1n) is 9.55. The summed E-state index contributed by atoms with van der Waals surface area (Å²) in [7, 11) is 1.48. The molecule has 0 radical (unpaired) electrons. The number of aryl methyl sites for hydroxylation is 1. The minimum Gasteiger partial charge on any atom is -0.493 e. The number of nitro groups is 1. The van der Waals surface area contributed by atoms with Gasteiger partial charge >= 0.3 is 0 Å². The fraction of sp³-hybridized carbons (Fsp3) is 0.0909. The first-order chi connectivity index (χ1) is 15.9. The van der Waals surface area contributed by atoms with Gasteiger partial charge in [0.2, 0.25) is 5.88 Å². The van der Waals surface area contributed by atoms with Crippen molar-refractivity contribution in [3.63, 3.8) is 0 Å². The summed E-state index contributed by atoms with van der Waals surface area (Å²) in [6.45, 7) is 1.70. The summed E-state index contributed by atoms with van der Waals surface area (Å²) in [6.07, 6.45) is 2.62. The van der Waals surface area contributed by atoms with Crippen LogP contribution in [0.25, 0.3) is 10.9 Å². The van der Waals surface area contributed by atoms with E-state index in [1.807, 2.05) is 6.07 Å². The average Bonchev–Trinajstić information content (AvgIpc) is 2.80. The standard InChI is InChI=1S/C22H16BrN5O5/c1-13-26-18-6-4-15(23)10-17(18)22(29)27(13)25-11-14-3-7-19(20(9-14)32-2)33-21-8-5-16(12-24-21)28(30)31/h3-12H,1-2H3. The molecule has 2 heterocycles. The second-order valence-corrected chi connectivity index (χ2v) is 7.72. The molecule has 2 aromatic carbocycles. The number of hydrogen-bond donors (Lipinski definition) is 0. The Morgan fingerprint density at radius 3 is 2.67 bits per heavy atom. The maximum absolute atomic E-state index is 12.9. The highest BCUT2D eigenvalue weighted by Crippen LogP contribution is 2.31. The number of nitrogens with zero attached hydrogens (tertiary/aromatic N) is 5. The molecule has 0 aliphatic heterocycles. The van der Waals surface area contributed by atoms with Gasteiger partial charge in [-0.1, -0.05) is 15.9 Å².